The molecule has 0 aliphatic carbocycles. The highest BCUT2D eigenvalue weighted by Gasteiger charge is 2.17. The van der Waals surface area contributed by atoms with Gasteiger partial charge in [-0.2, -0.15) is 5.26 Å². The summed E-state index contributed by atoms with van der Waals surface area (Å²) in [5.41, 5.74) is 0.129. The van der Waals surface area contributed by atoms with Crippen LogP contribution in [0.1, 0.15) is 12.0 Å². The molecule has 0 aliphatic heterocycles. The lowest BCUT2D eigenvalue weighted by Crippen LogP contribution is -2.30. The second-order valence-electron chi connectivity index (χ2n) is 4.41. The minimum Gasteiger partial charge on any atom is -0.495 e. The van der Waals surface area contributed by atoms with Crippen molar-refractivity contribution in [3.05, 3.63) is 23.8 Å². The van der Waals surface area contributed by atoms with Gasteiger partial charge in [0.1, 0.15) is 11.8 Å². The summed E-state index contributed by atoms with van der Waals surface area (Å²) in [7, 11) is 0.825. The fourth-order valence-electron chi connectivity index (χ4n) is 1.54. The van der Waals surface area contributed by atoms with Crippen LogP contribution >= 0.6 is 0 Å². The van der Waals surface area contributed by atoms with Gasteiger partial charge in [0, 0.05) is 27.1 Å². The Morgan fingerprint density at radius 3 is 2.62 bits per heavy atom. The average molecular weight is 311 g/mol. The summed E-state index contributed by atoms with van der Waals surface area (Å²) in [6, 6.07) is 5.86. The van der Waals surface area contributed by atoms with Crippen molar-refractivity contribution in [2.45, 2.75) is 11.3 Å². The third kappa shape index (κ3) is 4.44. The van der Waals surface area contributed by atoms with Crippen LogP contribution < -0.4 is 9.46 Å². The summed E-state index contributed by atoms with van der Waals surface area (Å²) in [5, 5.41) is 8.95. The third-order valence-electron chi connectivity index (χ3n) is 2.73. The normalized spacial score (nSPS) is 10.8. The van der Waals surface area contributed by atoms with Crippen molar-refractivity contribution >= 4 is 15.9 Å². The van der Waals surface area contributed by atoms with Crippen molar-refractivity contribution in [1.82, 2.24) is 9.62 Å². The lowest BCUT2D eigenvalue weighted by molar-refractivity contribution is -0.128. The van der Waals surface area contributed by atoms with Crippen molar-refractivity contribution in [3.8, 4) is 11.8 Å². The second-order valence-corrected chi connectivity index (χ2v) is 6.18. The highest BCUT2D eigenvalue weighted by Crippen LogP contribution is 2.21. The van der Waals surface area contributed by atoms with Gasteiger partial charge in [-0.15, -0.1) is 0 Å². The molecular weight excluding hydrogens is 294 g/mol. The van der Waals surface area contributed by atoms with Gasteiger partial charge < -0.3 is 9.64 Å². The van der Waals surface area contributed by atoms with Crippen LogP contribution in [0.3, 0.4) is 0 Å². The van der Waals surface area contributed by atoms with Crippen LogP contribution in [0.25, 0.3) is 0 Å². The molecule has 1 aromatic carbocycles. The maximum Gasteiger partial charge on any atom is 0.240 e. The van der Waals surface area contributed by atoms with Crippen LogP contribution in [0.5, 0.6) is 5.75 Å². The predicted molar refractivity (Wildman–Crippen MR) is 76.2 cm³/mol. The SMILES string of the molecule is COc1ccc(S(=O)(=O)NCCC(=O)N(C)C)cc1C#N. The average Bonchev–Trinajstić information content (AvgIpc) is 2.45. The highest BCUT2D eigenvalue weighted by molar-refractivity contribution is 7.89. The molecule has 0 unspecified atom stereocenters. The molecule has 114 valence electrons. The van der Waals surface area contributed by atoms with Gasteiger partial charge >= 0.3 is 0 Å². The summed E-state index contributed by atoms with van der Waals surface area (Å²) < 4.78 is 31.4. The molecule has 0 aromatic heterocycles. The molecule has 0 atom stereocenters. The predicted octanol–water partition coefficient (Wildman–Crippen LogP) is 0.323. The number of nitrogens with zero attached hydrogens (tertiary/aromatic N) is 2. The van der Waals surface area contributed by atoms with E-state index in [0.717, 1.165) is 0 Å². The third-order valence-corrected chi connectivity index (χ3v) is 4.19. The number of carbonyl (C=O) groups is 1. The number of hydrogen-bond acceptors (Lipinski definition) is 5. The molecule has 0 bridgehead atoms. The largest absolute Gasteiger partial charge is 0.495 e. The molecule has 7 nitrogen and oxygen atoms in total. The molecule has 0 spiro atoms. The number of hydrogen-bond donors (Lipinski definition) is 1. The van der Waals surface area contributed by atoms with Crippen LogP contribution in [0.2, 0.25) is 0 Å². The van der Waals surface area contributed by atoms with Crippen LogP contribution in [0.4, 0.5) is 0 Å². The standard InChI is InChI=1S/C13H17N3O4S/c1-16(2)13(17)6-7-15-21(18,19)11-4-5-12(20-3)10(8-11)9-14/h4-5,8,15H,6-7H2,1-3H3. The van der Waals surface area contributed by atoms with E-state index < -0.39 is 10.0 Å². The number of amides is 1. The highest BCUT2D eigenvalue weighted by atomic mass is 32.2. The van der Waals surface area contributed by atoms with E-state index in [0.29, 0.717) is 5.75 Å². The zero-order valence-electron chi connectivity index (χ0n) is 12.1. The molecule has 0 heterocycles. The number of ether oxygens (including phenoxy) is 1. The Morgan fingerprint density at radius 2 is 2.10 bits per heavy atom. The van der Waals surface area contributed by atoms with Gasteiger partial charge in [0.25, 0.3) is 0 Å². The number of sulfonamides is 1. The molecular formula is C13H17N3O4S. The minimum atomic E-state index is -3.77. The Hall–Kier alpha value is -2.11. The van der Waals surface area contributed by atoms with Crippen LogP contribution in [-0.4, -0.2) is 47.0 Å². The summed E-state index contributed by atoms with van der Waals surface area (Å²) in [6.07, 6.45) is 0.0630. The van der Waals surface area contributed by atoms with Gasteiger partial charge in [0.05, 0.1) is 17.6 Å². The Balaban J connectivity index is 2.84. The molecule has 0 saturated carbocycles. The summed E-state index contributed by atoms with van der Waals surface area (Å²) >= 11 is 0. The fraction of sp³-hybridized carbons (Fsp3) is 0.385. The Kier molecular flexibility index (Phi) is 5.69. The molecule has 1 rings (SSSR count). The second kappa shape index (κ2) is 7.06. The summed E-state index contributed by atoms with van der Waals surface area (Å²) in [4.78, 5) is 12.7. The number of rotatable bonds is 6. The van der Waals surface area contributed by atoms with E-state index in [1.807, 2.05) is 6.07 Å². The van der Waals surface area contributed by atoms with E-state index in [4.69, 9.17) is 10.00 Å². The van der Waals surface area contributed by atoms with Gasteiger partial charge in [-0.25, -0.2) is 13.1 Å². The first-order valence-electron chi connectivity index (χ1n) is 6.09. The van der Waals surface area contributed by atoms with E-state index >= 15 is 0 Å². The van der Waals surface area contributed by atoms with Crippen molar-refractivity contribution in [1.29, 1.82) is 5.26 Å². The van der Waals surface area contributed by atoms with Crippen LogP contribution in [-0.2, 0) is 14.8 Å². The lowest BCUT2D eigenvalue weighted by Gasteiger charge is -2.11. The Bertz CT molecular complexity index is 662. The van der Waals surface area contributed by atoms with Gasteiger partial charge in [0.2, 0.25) is 15.9 Å². The summed E-state index contributed by atoms with van der Waals surface area (Å²) in [5.74, 6) is 0.129. The maximum absolute atomic E-state index is 12.1. The zero-order chi connectivity index (χ0) is 16.0. The maximum atomic E-state index is 12.1. The summed E-state index contributed by atoms with van der Waals surface area (Å²) in [6.45, 7) is -0.00668. The Labute approximate surface area is 124 Å². The topological polar surface area (TPSA) is 99.5 Å². The van der Waals surface area contributed by atoms with Crippen molar-refractivity contribution in [3.63, 3.8) is 0 Å². The number of benzene rings is 1. The number of carbonyl (C=O) groups excluding carboxylic acids is 1. The molecule has 21 heavy (non-hydrogen) atoms. The minimum absolute atomic E-state index is 0.00668. The molecule has 0 radical (unpaired) electrons. The molecule has 0 fully saturated rings. The van der Waals surface area contributed by atoms with E-state index in [-0.39, 0.29) is 29.3 Å². The number of nitriles is 1. The van der Waals surface area contributed by atoms with E-state index in [2.05, 4.69) is 4.72 Å². The monoisotopic (exact) mass is 311 g/mol. The van der Waals surface area contributed by atoms with E-state index in [9.17, 15) is 13.2 Å². The first-order chi connectivity index (χ1) is 9.81. The molecule has 0 aliphatic rings. The Morgan fingerprint density at radius 1 is 1.43 bits per heavy atom. The van der Waals surface area contributed by atoms with Crippen LogP contribution in [0, 0.1) is 11.3 Å². The van der Waals surface area contributed by atoms with E-state index in [1.54, 1.807) is 14.1 Å². The molecule has 1 aromatic rings. The smallest absolute Gasteiger partial charge is 0.240 e. The first kappa shape index (κ1) is 16.9. The van der Waals surface area contributed by atoms with Crippen molar-refractivity contribution in [2.24, 2.45) is 0 Å². The quantitative estimate of drug-likeness (QED) is 0.816. The zero-order valence-corrected chi connectivity index (χ0v) is 12.9. The molecule has 1 amide bonds. The van der Waals surface area contributed by atoms with Crippen molar-refractivity contribution in [2.75, 3.05) is 27.7 Å². The van der Waals surface area contributed by atoms with Gasteiger partial charge in [-0.3, -0.25) is 4.79 Å². The van der Waals surface area contributed by atoms with E-state index in [1.165, 1.54) is 30.2 Å². The fourth-order valence-corrected chi connectivity index (χ4v) is 2.60. The first-order valence-corrected chi connectivity index (χ1v) is 7.58. The van der Waals surface area contributed by atoms with Crippen LogP contribution in [0.15, 0.2) is 23.1 Å². The molecule has 8 heteroatoms. The van der Waals surface area contributed by atoms with Crippen molar-refractivity contribution < 1.29 is 17.9 Å². The molecule has 1 N–H and O–H groups in total. The number of nitrogens with one attached hydrogen (secondary N) is 1. The number of methoxy groups -OCH3 is 1. The molecule has 0 saturated heterocycles. The van der Waals surface area contributed by atoms with Gasteiger partial charge in [-0.05, 0) is 18.2 Å². The lowest BCUT2D eigenvalue weighted by atomic mass is 10.2. The van der Waals surface area contributed by atoms with Gasteiger partial charge in [-0.1, -0.05) is 0 Å². The van der Waals surface area contributed by atoms with Gasteiger partial charge in [0.15, 0.2) is 0 Å².